The van der Waals surface area contributed by atoms with Crippen LogP contribution in [-0.2, 0) is 18.3 Å². The molecule has 0 fully saturated rings. The summed E-state index contributed by atoms with van der Waals surface area (Å²) in [6.07, 6.45) is 4.88. The minimum Gasteiger partial charge on any atom is -0.309 e. The Morgan fingerprint density at radius 2 is 2.21 bits per heavy atom. The van der Waals surface area contributed by atoms with Crippen molar-refractivity contribution < 1.29 is 4.79 Å². The van der Waals surface area contributed by atoms with E-state index in [-0.39, 0.29) is 11.8 Å². The number of aromatic nitrogens is 2. The van der Waals surface area contributed by atoms with Crippen LogP contribution < -0.4 is 5.32 Å². The van der Waals surface area contributed by atoms with Crippen molar-refractivity contribution in [2.75, 3.05) is 5.32 Å². The summed E-state index contributed by atoms with van der Waals surface area (Å²) in [5, 5.41) is 7.09. The van der Waals surface area contributed by atoms with E-state index in [4.69, 9.17) is 0 Å². The van der Waals surface area contributed by atoms with Gasteiger partial charge in [-0.15, -0.1) is 0 Å². The number of hydrogen-bond donors (Lipinski definition) is 1. The standard InChI is InChI=1S/C15H17N3O/c1-18-10-9-14(17-18)16-15(19)13-8-4-6-11-5-2-3-7-12(11)13/h2-3,5,7,9-10,13H,4,6,8H2,1H3,(H,16,17,19). The molecule has 1 heterocycles. The van der Waals surface area contributed by atoms with Crippen molar-refractivity contribution in [1.29, 1.82) is 0 Å². The van der Waals surface area contributed by atoms with Gasteiger partial charge < -0.3 is 5.32 Å². The topological polar surface area (TPSA) is 46.9 Å². The van der Waals surface area contributed by atoms with Crippen LogP contribution >= 0.6 is 0 Å². The molecule has 1 N–H and O–H groups in total. The summed E-state index contributed by atoms with van der Waals surface area (Å²) in [5.41, 5.74) is 2.47. The Bertz CT molecular complexity index is 603. The molecule has 4 nitrogen and oxygen atoms in total. The molecule has 0 spiro atoms. The molecule has 19 heavy (non-hydrogen) atoms. The number of fused-ring (bicyclic) bond motifs is 1. The van der Waals surface area contributed by atoms with Gasteiger partial charge in [0.1, 0.15) is 0 Å². The molecule has 1 aromatic carbocycles. The number of hydrogen-bond acceptors (Lipinski definition) is 2. The van der Waals surface area contributed by atoms with E-state index in [2.05, 4.69) is 22.5 Å². The zero-order chi connectivity index (χ0) is 13.2. The number of carbonyl (C=O) groups excluding carboxylic acids is 1. The van der Waals surface area contributed by atoms with E-state index in [1.54, 1.807) is 4.68 Å². The van der Waals surface area contributed by atoms with Crippen molar-refractivity contribution in [3.05, 3.63) is 47.7 Å². The molecule has 0 bridgehead atoms. The Kier molecular flexibility index (Phi) is 3.07. The van der Waals surface area contributed by atoms with Crippen LogP contribution in [0, 0.1) is 0 Å². The molecule has 4 heteroatoms. The van der Waals surface area contributed by atoms with Crippen molar-refractivity contribution in [1.82, 2.24) is 9.78 Å². The number of amides is 1. The minimum absolute atomic E-state index is 0.0471. The molecule has 1 atom stereocenters. The third-order valence-electron chi connectivity index (χ3n) is 3.65. The van der Waals surface area contributed by atoms with Gasteiger partial charge in [0.15, 0.2) is 5.82 Å². The zero-order valence-electron chi connectivity index (χ0n) is 11.0. The predicted octanol–water partition coefficient (Wildman–Crippen LogP) is 2.48. The molecule has 0 radical (unpaired) electrons. The van der Waals surface area contributed by atoms with Gasteiger partial charge in [-0.05, 0) is 30.4 Å². The monoisotopic (exact) mass is 255 g/mol. The summed E-state index contributed by atoms with van der Waals surface area (Å²) in [6.45, 7) is 0. The van der Waals surface area contributed by atoms with E-state index in [0.717, 1.165) is 19.3 Å². The van der Waals surface area contributed by atoms with E-state index >= 15 is 0 Å². The number of rotatable bonds is 2. The van der Waals surface area contributed by atoms with Gasteiger partial charge >= 0.3 is 0 Å². The first-order chi connectivity index (χ1) is 9.24. The maximum atomic E-state index is 12.4. The molecule has 1 aromatic heterocycles. The third kappa shape index (κ3) is 2.38. The van der Waals surface area contributed by atoms with Crippen LogP contribution in [0.3, 0.4) is 0 Å². The van der Waals surface area contributed by atoms with Crippen LogP contribution in [0.15, 0.2) is 36.5 Å². The SMILES string of the molecule is Cn1ccc(NC(=O)C2CCCc3ccccc32)n1. The van der Waals surface area contributed by atoms with Gasteiger partial charge in [0.2, 0.25) is 5.91 Å². The highest BCUT2D eigenvalue weighted by Gasteiger charge is 2.26. The lowest BCUT2D eigenvalue weighted by Gasteiger charge is -2.24. The Morgan fingerprint density at radius 1 is 1.37 bits per heavy atom. The van der Waals surface area contributed by atoms with E-state index in [0.29, 0.717) is 5.82 Å². The van der Waals surface area contributed by atoms with Gasteiger partial charge in [-0.3, -0.25) is 9.48 Å². The average Bonchev–Trinajstić information content (AvgIpc) is 2.83. The first-order valence-corrected chi connectivity index (χ1v) is 6.62. The number of carbonyl (C=O) groups is 1. The van der Waals surface area contributed by atoms with Crippen LogP contribution in [0.25, 0.3) is 0 Å². The quantitative estimate of drug-likeness (QED) is 0.896. The van der Waals surface area contributed by atoms with Crippen molar-refractivity contribution in [3.8, 4) is 0 Å². The van der Waals surface area contributed by atoms with Crippen LogP contribution in [-0.4, -0.2) is 15.7 Å². The van der Waals surface area contributed by atoms with Gasteiger partial charge in [0.05, 0.1) is 5.92 Å². The summed E-state index contributed by atoms with van der Waals surface area (Å²) in [4.78, 5) is 12.4. The van der Waals surface area contributed by atoms with Crippen molar-refractivity contribution in [3.63, 3.8) is 0 Å². The molecule has 0 saturated carbocycles. The molecule has 98 valence electrons. The second kappa shape index (κ2) is 4.88. The Balaban J connectivity index is 1.81. The Morgan fingerprint density at radius 3 is 3.00 bits per heavy atom. The fourth-order valence-corrected chi connectivity index (χ4v) is 2.72. The molecular weight excluding hydrogens is 238 g/mol. The summed E-state index contributed by atoms with van der Waals surface area (Å²) in [5.74, 6) is 0.619. The van der Waals surface area contributed by atoms with Crippen LogP contribution in [0.4, 0.5) is 5.82 Å². The van der Waals surface area contributed by atoms with Gasteiger partial charge in [-0.1, -0.05) is 24.3 Å². The molecule has 1 amide bonds. The zero-order valence-corrected chi connectivity index (χ0v) is 11.0. The summed E-state index contributed by atoms with van der Waals surface area (Å²) < 4.78 is 1.68. The number of nitrogens with zero attached hydrogens (tertiary/aromatic N) is 2. The normalized spacial score (nSPS) is 17.8. The maximum Gasteiger partial charge on any atom is 0.233 e. The second-order valence-corrected chi connectivity index (χ2v) is 5.01. The number of aryl methyl sites for hydroxylation is 2. The van der Waals surface area contributed by atoms with Crippen molar-refractivity contribution in [2.24, 2.45) is 7.05 Å². The maximum absolute atomic E-state index is 12.4. The summed E-state index contributed by atoms with van der Waals surface area (Å²) in [7, 11) is 1.84. The first kappa shape index (κ1) is 12.0. The van der Waals surface area contributed by atoms with Crippen LogP contribution in [0.2, 0.25) is 0 Å². The third-order valence-corrected chi connectivity index (χ3v) is 3.65. The van der Waals surface area contributed by atoms with E-state index in [9.17, 15) is 4.79 Å². The number of anilines is 1. The van der Waals surface area contributed by atoms with Gasteiger partial charge in [-0.2, -0.15) is 5.10 Å². The van der Waals surface area contributed by atoms with Crippen molar-refractivity contribution in [2.45, 2.75) is 25.2 Å². The van der Waals surface area contributed by atoms with E-state index < -0.39 is 0 Å². The lowest BCUT2D eigenvalue weighted by molar-refractivity contribution is -0.117. The molecule has 1 unspecified atom stereocenters. The smallest absolute Gasteiger partial charge is 0.233 e. The van der Waals surface area contributed by atoms with Crippen molar-refractivity contribution >= 4 is 11.7 Å². The molecule has 0 aliphatic heterocycles. The van der Waals surface area contributed by atoms with E-state index in [1.807, 2.05) is 31.4 Å². The number of benzene rings is 1. The highest BCUT2D eigenvalue weighted by molar-refractivity contribution is 5.95. The van der Waals surface area contributed by atoms with Gasteiger partial charge in [0, 0.05) is 19.3 Å². The fraction of sp³-hybridized carbons (Fsp3) is 0.333. The van der Waals surface area contributed by atoms with E-state index in [1.165, 1.54) is 11.1 Å². The minimum atomic E-state index is -0.0491. The molecule has 1 aliphatic rings. The second-order valence-electron chi connectivity index (χ2n) is 5.01. The number of nitrogens with one attached hydrogen (secondary N) is 1. The lowest BCUT2D eigenvalue weighted by atomic mass is 9.82. The van der Waals surface area contributed by atoms with Gasteiger partial charge in [0.25, 0.3) is 0 Å². The Labute approximate surface area is 112 Å². The first-order valence-electron chi connectivity index (χ1n) is 6.62. The average molecular weight is 255 g/mol. The lowest BCUT2D eigenvalue weighted by Crippen LogP contribution is -2.24. The molecule has 1 aliphatic carbocycles. The molecular formula is C15H17N3O. The summed E-state index contributed by atoms with van der Waals surface area (Å²) >= 11 is 0. The predicted molar refractivity (Wildman–Crippen MR) is 74.0 cm³/mol. The highest BCUT2D eigenvalue weighted by Crippen LogP contribution is 2.32. The summed E-state index contributed by atoms with van der Waals surface area (Å²) in [6, 6.07) is 10.0. The molecule has 0 saturated heterocycles. The molecule has 3 rings (SSSR count). The van der Waals surface area contributed by atoms with Gasteiger partial charge in [-0.25, -0.2) is 0 Å². The largest absolute Gasteiger partial charge is 0.309 e. The fourth-order valence-electron chi connectivity index (χ4n) is 2.72. The van der Waals surface area contributed by atoms with Crippen LogP contribution in [0.5, 0.6) is 0 Å². The Hall–Kier alpha value is -2.10. The van der Waals surface area contributed by atoms with Crippen LogP contribution in [0.1, 0.15) is 29.9 Å². The highest BCUT2D eigenvalue weighted by atomic mass is 16.2. The molecule has 2 aromatic rings.